The second kappa shape index (κ2) is 10.3. The number of nitrogens with zero attached hydrogens (tertiary/aromatic N) is 3. The number of carbonyl (C=O) groups excluding carboxylic acids is 3. The number of para-hydroxylation sites is 1. The van der Waals surface area contributed by atoms with E-state index in [-0.39, 0.29) is 25.0 Å². The third-order valence-corrected chi connectivity index (χ3v) is 6.41. The molecule has 2 fully saturated rings. The number of carbonyl (C=O) groups is 3. The van der Waals surface area contributed by atoms with Crippen LogP contribution in [0.5, 0.6) is 0 Å². The molecule has 0 aromatic heterocycles. The summed E-state index contributed by atoms with van der Waals surface area (Å²) in [6, 6.07) is 11.8. The number of amides is 4. The number of hydrogen-bond acceptors (Lipinski definition) is 5. The van der Waals surface area contributed by atoms with Gasteiger partial charge in [-0.2, -0.15) is 0 Å². The van der Waals surface area contributed by atoms with Crippen LogP contribution in [-0.4, -0.2) is 68.3 Å². The summed E-state index contributed by atoms with van der Waals surface area (Å²) in [7, 11) is 0. The van der Waals surface area contributed by atoms with Crippen LogP contribution >= 0.6 is 15.9 Å². The lowest BCUT2D eigenvalue weighted by Crippen LogP contribution is -2.50. The summed E-state index contributed by atoms with van der Waals surface area (Å²) in [6.07, 6.45) is -1.07. The van der Waals surface area contributed by atoms with Crippen LogP contribution in [0.25, 0.3) is 0 Å². The first-order valence-electron chi connectivity index (χ1n) is 10.9. The molecule has 0 radical (unpaired) electrons. The van der Waals surface area contributed by atoms with Gasteiger partial charge in [-0.3, -0.25) is 9.69 Å². The predicted octanol–water partition coefficient (Wildman–Crippen LogP) is 3.40. The molecule has 9 nitrogen and oxygen atoms in total. The average molecular weight is 534 g/mol. The van der Waals surface area contributed by atoms with Gasteiger partial charge in [0.05, 0.1) is 30.2 Å². The van der Waals surface area contributed by atoms with E-state index >= 15 is 0 Å². The molecule has 4 rings (SSSR count). The van der Waals surface area contributed by atoms with E-state index in [0.717, 1.165) is 4.47 Å². The summed E-state index contributed by atoms with van der Waals surface area (Å²) < 4.78 is 21.0. The molecule has 1 atom stereocenters. The minimum Gasteiger partial charge on any atom is -0.442 e. The van der Waals surface area contributed by atoms with Crippen molar-refractivity contribution in [3.05, 3.63) is 52.8 Å². The standard InChI is InChI=1S/C23H25BrFN5O4/c1-15(31)26-13-17-14-30(23(33)34-17)16-6-7-21(19(25)12-16)28-8-10-29(11-9-28)22(32)27-20-5-3-2-4-18(20)24/h2-7,12,17H,8-11,13-14H2,1H3,(H,26,31)(H,27,32)/t17-/m0/s1. The van der Waals surface area contributed by atoms with Crippen LogP contribution in [0.15, 0.2) is 46.9 Å². The Morgan fingerprint density at radius 2 is 1.88 bits per heavy atom. The van der Waals surface area contributed by atoms with Crippen LogP contribution in [0.3, 0.4) is 0 Å². The summed E-state index contributed by atoms with van der Waals surface area (Å²) in [6.45, 7) is 3.66. The van der Waals surface area contributed by atoms with Crippen molar-refractivity contribution in [1.82, 2.24) is 10.2 Å². The first-order valence-corrected chi connectivity index (χ1v) is 11.7. The molecule has 2 N–H and O–H groups in total. The van der Waals surface area contributed by atoms with Gasteiger partial charge >= 0.3 is 12.1 Å². The number of ether oxygens (including phenoxy) is 1. The molecular weight excluding hydrogens is 509 g/mol. The van der Waals surface area contributed by atoms with Gasteiger partial charge in [0, 0.05) is 37.6 Å². The van der Waals surface area contributed by atoms with Crippen LogP contribution in [0.4, 0.5) is 31.0 Å². The molecule has 0 bridgehead atoms. The number of hydrogen-bond donors (Lipinski definition) is 2. The van der Waals surface area contributed by atoms with Gasteiger partial charge in [0.15, 0.2) is 0 Å². The zero-order chi connectivity index (χ0) is 24.2. The van der Waals surface area contributed by atoms with Gasteiger partial charge in [-0.25, -0.2) is 14.0 Å². The fourth-order valence-corrected chi connectivity index (χ4v) is 4.31. The Hall–Kier alpha value is -3.34. The van der Waals surface area contributed by atoms with E-state index in [0.29, 0.717) is 43.2 Å². The van der Waals surface area contributed by atoms with Gasteiger partial charge in [-0.1, -0.05) is 12.1 Å². The molecule has 2 heterocycles. The number of rotatable bonds is 5. The van der Waals surface area contributed by atoms with Crippen molar-refractivity contribution < 1.29 is 23.5 Å². The highest BCUT2D eigenvalue weighted by molar-refractivity contribution is 9.10. The number of urea groups is 1. The highest BCUT2D eigenvalue weighted by Crippen LogP contribution is 2.29. The first kappa shape index (κ1) is 23.8. The van der Waals surface area contributed by atoms with Gasteiger partial charge < -0.3 is 25.2 Å². The van der Waals surface area contributed by atoms with Crippen molar-refractivity contribution >= 4 is 51.0 Å². The maximum absolute atomic E-state index is 15.0. The summed E-state index contributed by atoms with van der Waals surface area (Å²) in [4.78, 5) is 40.8. The van der Waals surface area contributed by atoms with Crippen LogP contribution < -0.4 is 20.4 Å². The molecule has 34 heavy (non-hydrogen) atoms. The average Bonchev–Trinajstić information content (AvgIpc) is 3.20. The largest absolute Gasteiger partial charge is 0.442 e. The Bertz CT molecular complexity index is 1090. The monoisotopic (exact) mass is 533 g/mol. The maximum atomic E-state index is 15.0. The van der Waals surface area contributed by atoms with Crippen LogP contribution in [0, 0.1) is 5.82 Å². The van der Waals surface area contributed by atoms with Gasteiger partial charge in [0.25, 0.3) is 0 Å². The zero-order valence-corrected chi connectivity index (χ0v) is 20.2. The lowest BCUT2D eigenvalue weighted by Gasteiger charge is -2.36. The fraction of sp³-hybridized carbons (Fsp3) is 0.348. The number of halogens is 2. The molecule has 0 saturated carbocycles. The Balaban J connectivity index is 1.34. The van der Waals surface area contributed by atoms with E-state index in [1.165, 1.54) is 17.9 Å². The highest BCUT2D eigenvalue weighted by Gasteiger charge is 2.33. The van der Waals surface area contributed by atoms with E-state index in [1.54, 1.807) is 17.0 Å². The Labute approximate surface area is 205 Å². The maximum Gasteiger partial charge on any atom is 0.414 e. The van der Waals surface area contributed by atoms with E-state index in [1.807, 2.05) is 29.2 Å². The van der Waals surface area contributed by atoms with Crippen molar-refractivity contribution in [1.29, 1.82) is 0 Å². The highest BCUT2D eigenvalue weighted by atomic mass is 79.9. The summed E-state index contributed by atoms with van der Waals surface area (Å²) in [5.74, 6) is -0.669. The molecule has 11 heteroatoms. The first-order chi connectivity index (χ1) is 16.3. The minimum absolute atomic E-state index is 0.205. The van der Waals surface area contributed by atoms with Gasteiger partial charge in [-0.15, -0.1) is 0 Å². The van der Waals surface area contributed by atoms with Crippen molar-refractivity contribution in [3.63, 3.8) is 0 Å². The molecule has 2 saturated heterocycles. The lowest BCUT2D eigenvalue weighted by molar-refractivity contribution is -0.119. The second-order valence-corrected chi connectivity index (χ2v) is 8.93. The number of cyclic esters (lactones) is 1. The Kier molecular flexibility index (Phi) is 7.20. The van der Waals surface area contributed by atoms with Crippen LogP contribution in [-0.2, 0) is 9.53 Å². The molecule has 2 aromatic rings. The SMILES string of the molecule is CC(=O)NC[C@H]1CN(c2ccc(N3CCN(C(=O)Nc4ccccc4Br)CC3)c(F)c2)C(=O)O1. The molecule has 0 spiro atoms. The number of benzene rings is 2. The third kappa shape index (κ3) is 5.41. The normalized spacial score (nSPS) is 18.0. The molecule has 2 aliphatic heterocycles. The number of piperazine rings is 1. The molecule has 0 unspecified atom stereocenters. The molecule has 4 amide bonds. The van der Waals surface area contributed by atoms with E-state index in [4.69, 9.17) is 4.74 Å². The summed E-state index contributed by atoms with van der Waals surface area (Å²) >= 11 is 3.42. The Morgan fingerprint density at radius 3 is 2.56 bits per heavy atom. The lowest BCUT2D eigenvalue weighted by atomic mass is 10.2. The quantitative estimate of drug-likeness (QED) is 0.614. The van der Waals surface area contributed by atoms with Crippen LogP contribution in [0.1, 0.15) is 6.92 Å². The van der Waals surface area contributed by atoms with Gasteiger partial charge in [0.1, 0.15) is 11.9 Å². The zero-order valence-electron chi connectivity index (χ0n) is 18.6. The smallest absolute Gasteiger partial charge is 0.414 e. The Morgan fingerprint density at radius 1 is 1.15 bits per heavy atom. The molecule has 180 valence electrons. The molecule has 0 aliphatic carbocycles. The summed E-state index contributed by atoms with van der Waals surface area (Å²) in [5.41, 5.74) is 1.50. The topological polar surface area (TPSA) is 94.2 Å². The third-order valence-electron chi connectivity index (χ3n) is 5.72. The summed E-state index contributed by atoms with van der Waals surface area (Å²) in [5, 5.41) is 5.50. The molecule has 2 aliphatic rings. The minimum atomic E-state index is -0.577. The second-order valence-electron chi connectivity index (χ2n) is 8.07. The fourth-order valence-electron chi connectivity index (χ4n) is 3.92. The van der Waals surface area contributed by atoms with E-state index in [2.05, 4.69) is 26.6 Å². The van der Waals surface area contributed by atoms with Crippen molar-refractivity contribution in [2.45, 2.75) is 13.0 Å². The van der Waals surface area contributed by atoms with Crippen molar-refractivity contribution in [3.8, 4) is 0 Å². The van der Waals surface area contributed by atoms with E-state index < -0.39 is 18.0 Å². The van der Waals surface area contributed by atoms with Gasteiger partial charge in [0.2, 0.25) is 5.91 Å². The van der Waals surface area contributed by atoms with Gasteiger partial charge in [-0.05, 0) is 46.3 Å². The van der Waals surface area contributed by atoms with Crippen molar-refractivity contribution in [2.75, 3.05) is 54.4 Å². The predicted molar refractivity (Wildman–Crippen MR) is 130 cm³/mol. The van der Waals surface area contributed by atoms with Crippen molar-refractivity contribution in [2.24, 2.45) is 0 Å². The van der Waals surface area contributed by atoms with E-state index in [9.17, 15) is 18.8 Å². The number of anilines is 3. The number of nitrogens with one attached hydrogen (secondary N) is 2. The molecule has 2 aromatic carbocycles. The molecular formula is C23H25BrFN5O4. The van der Waals surface area contributed by atoms with Crippen LogP contribution in [0.2, 0.25) is 0 Å².